The first-order valence-corrected chi connectivity index (χ1v) is 42.3. The van der Waals surface area contributed by atoms with Gasteiger partial charge in [-0.05, 0) is 138 Å². The van der Waals surface area contributed by atoms with Gasteiger partial charge in [0.25, 0.3) is 0 Å². The fourth-order valence-electron chi connectivity index (χ4n) is 7.66. The summed E-state index contributed by atoms with van der Waals surface area (Å²) in [6.07, 6.45) is -9.25. The molecule has 0 saturated carbocycles. The zero-order chi connectivity index (χ0) is 106. The summed E-state index contributed by atoms with van der Waals surface area (Å²) >= 11 is 0. The quantitative estimate of drug-likeness (QED) is 0.0219. The molecule has 0 radical (unpaired) electrons. The molecule has 14 unspecified atom stereocenters. The minimum absolute atomic E-state index is 0.00310. The van der Waals surface area contributed by atoms with Crippen LogP contribution >= 0.6 is 0 Å². The Morgan fingerprint density at radius 1 is 0.216 bits per heavy atom. The van der Waals surface area contributed by atoms with Crippen molar-refractivity contribution in [1.29, 1.82) is 0 Å². The van der Waals surface area contributed by atoms with Gasteiger partial charge >= 0.3 is 83.6 Å². The maximum absolute atomic E-state index is 11.2. The number of hydrogen-bond acceptors (Lipinski definition) is 46. The van der Waals surface area contributed by atoms with Crippen molar-refractivity contribution in [2.24, 2.45) is 0 Å². The Bertz CT molecular complexity index is 3320. The maximum Gasteiger partial charge on any atom is 0.313 e. The zero-order valence-corrected chi connectivity index (χ0v) is 80.6. The molecule has 0 saturated heterocycles. The van der Waals surface area contributed by atoms with Crippen LogP contribution < -0.4 is 0 Å². The average molecular weight is 1950 g/mol. The van der Waals surface area contributed by atoms with Gasteiger partial charge in [-0.2, -0.15) is 0 Å². The highest BCUT2D eigenvalue weighted by atomic mass is 16.6. The van der Waals surface area contributed by atoms with Crippen LogP contribution in [0.25, 0.3) is 0 Å². The van der Waals surface area contributed by atoms with Gasteiger partial charge in [-0.3, -0.25) is 101 Å². The van der Waals surface area contributed by atoms with Crippen LogP contribution in [0.2, 0.25) is 0 Å². The van der Waals surface area contributed by atoms with Crippen LogP contribution in [-0.2, 0) is 158 Å². The van der Waals surface area contributed by atoms with Crippen molar-refractivity contribution >= 4 is 124 Å². The summed E-state index contributed by atoms with van der Waals surface area (Å²) in [7, 11) is 0. The number of carbonyl (C=O) groups is 21. The Kier molecular flexibility index (Phi) is 100. The first kappa shape index (κ1) is 144. The van der Waals surface area contributed by atoms with E-state index < -0.39 is 177 Å². The maximum atomic E-state index is 11.2. The molecule has 0 rings (SSSR count). The number of aliphatic hydroxyl groups excluding tert-OH is 13. The van der Waals surface area contributed by atoms with E-state index in [1.54, 1.807) is 41.5 Å². The van der Waals surface area contributed by atoms with Gasteiger partial charge in [-0.15, -0.1) is 0 Å². The fourth-order valence-corrected chi connectivity index (χ4v) is 7.66. The zero-order valence-electron chi connectivity index (χ0n) is 80.6. The van der Waals surface area contributed by atoms with E-state index in [4.69, 9.17) is 114 Å². The van der Waals surface area contributed by atoms with Crippen molar-refractivity contribution < 1.29 is 234 Å². The van der Waals surface area contributed by atoms with Crippen molar-refractivity contribution in [2.45, 2.75) is 358 Å². The Morgan fingerprint density at radius 3 is 0.642 bits per heavy atom. The smallest absolute Gasteiger partial charge is 0.313 e. The van der Waals surface area contributed by atoms with Crippen LogP contribution in [0.1, 0.15) is 267 Å². The minimum atomic E-state index is -1.07. The first-order valence-electron chi connectivity index (χ1n) is 42.3. The molecule has 0 bridgehead atoms. The number of carboxylic acids is 2. The lowest BCUT2D eigenvalue weighted by atomic mass is 10.2. The third kappa shape index (κ3) is 135. The van der Waals surface area contributed by atoms with Crippen molar-refractivity contribution in [3.05, 3.63) is 0 Å². The van der Waals surface area contributed by atoms with Gasteiger partial charge in [0, 0.05) is 51.7 Å². The Morgan fingerprint density at radius 2 is 0.418 bits per heavy atom. The summed E-state index contributed by atoms with van der Waals surface area (Å²) in [5.41, 5.74) is 0. The van der Waals surface area contributed by atoms with Crippen LogP contribution in [0.4, 0.5) is 0 Å². The molecule has 0 aliphatic heterocycles. The normalized spacial score (nSPS) is 13.1. The Balaban J connectivity index is -0.000000160. The average Bonchev–Trinajstić information content (AvgIpc) is 0.976. The Labute approximate surface area is 779 Å². The van der Waals surface area contributed by atoms with Crippen LogP contribution in [0.5, 0.6) is 0 Å². The number of rotatable bonds is 56. The lowest BCUT2D eigenvalue weighted by Gasteiger charge is -2.14. The number of ketones is 7. The second kappa shape index (κ2) is 93.2. The molecule has 0 aromatic heterocycles. The van der Waals surface area contributed by atoms with E-state index in [0.717, 1.165) is 0 Å². The van der Waals surface area contributed by atoms with E-state index >= 15 is 0 Å². The molecule has 14 atom stereocenters. The van der Waals surface area contributed by atoms with Gasteiger partial charge in [-0.1, -0.05) is 0 Å². The second-order valence-corrected chi connectivity index (χ2v) is 30.2. The SMILES string of the molecule is CC(=O)CC(=O)OC(C)CC(=O)O.CC(=O)CC(=O)OC(C)CCO.CC(=O)CC(=O)OC(CO)CO.CC(=O)CC(=O)OCC(O)CO.CC(=O)CC(=O)OCCC(C)O.CC(=O)CC(=O)OCCC(C)OC(=O)CC(C)=O.CC(O)CC(=O)OC(C)CC(=O)O.CC(O)CC(=O)OC(C)CCO.CC(O)CC(=O)OCCC(C)OC(=O)CC(C)O.CC(O)CCOC(=O)CC(C)O. The number of ether oxygens (including phenoxy) is 12. The predicted molar refractivity (Wildman–Crippen MR) is 464 cm³/mol. The predicted octanol–water partition coefficient (Wildman–Crippen LogP) is 0.164. The fraction of sp³-hybridized carbons (Fsp3) is 0.756. The number of carboxylic acid groups (broad SMARTS) is 2. The molecular formula is C86H150O48. The summed E-state index contributed by atoms with van der Waals surface area (Å²) in [6.45, 7) is 28.4. The van der Waals surface area contributed by atoms with Crippen molar-refractivity contribution in [1.82, 2.24) is 0 Å². The van der Waals surface area contributed by atoms with Gasteiger partial charge in [0.2, 0.25) is 0 Å². The number of hydrogen-bond donors (Lipinski definition) is 15. The largest absolute Gasteiger partial charge is 0.481 e. The summed E-state index contributed by atoms with van der Waals surface area (Å²) in [5.74, 6) is -10.6. The molecule has 15 N–H and O–H groups in total. The van der Waals surface area contributed by atoms with Gasteiger partial charge < -0.3 is 133 Å². The molecule has 0 aliphatic rings. The van der Waals surface area contributed by atoms with Crippen LogP contribution in [0.3, 0.4) is 0 Å². The molecule has 0 fully saturated rings. The minimum Gasteiger partial charge on any atom is -0.481 e. The highest BCUT2D eigenvalue weighted by Gasteiger charge is 2.21. The van der Waals surface area contributed by atoms with Gasteiger partial charge in [-0.25, -0.2) is 0 Å². The third-order valence-corrected chi connectivity index (χ3v) is 13.6. The summed E-state index contributed by atoms with van der Waals surface area (Å²) in [5, 5.41) is 130. The van der Waals surface area contributed by atoms with E-state index in [-0.39, 0.29) is 195 Å². The molecule has 0 aromatic rings. The van der Waals surface area contributed by atoms with Crippen molar-refractivity contribution in [2.75, 3.05) is 66.1 Å². The van der Waals surface area contributed by atoms with Crippen LogP contribution in [-0.4, -0.2) is 358 Å². The van der Waals surface area contributed by atoms with E-state index in [1.807, 2.05) is 0 Å². The van der Waals surface area contributed by atoms with Gasteiger partial charge in [0.05, 0.1) is 134 Å². The number of carbonyl (C=O) groups excluding carboxylic acids is 19. The molecule has 48 nitrogen and oxygen atoms in total. The molecule has 0 heterocycles. The van der Waals surface area contributed by atoms with Crippen molar-refractivity contribution in [3.8, 4) is 0 Å². The highest BCUT2D eigenvalue weighted by molar-refractivity contribution is 5.97. The first-order chi connectivity index (χ1) is 61.8. The second-order valence-electron chi connectivity index (χ2n) is 30.2. The summed E-state index contributed by atoms with van der Waals surface area (Å²) in [4.78, 5) is 224. The molecule has 0 spiro atoms. The number of aliphatic hydroxyl groups is 13. The van der Waals surface area contributed by atoms with E-state index in [9.17, 15) is 101 Å². The monoisotopic (exact) mass is 1950 g/mol. The van der Waals surface area contributed by atoms with E-state index in [1.165, 1.54) is 96.9 Å². The van der Waals surface area contributed by atoms with E-state index in [0.29, 0.717) is 38.5 Å². The van der Waals surface area contributed by atoms with Gasteiger partial charge in [0.1, 0.15) is 141 Å². The summed E-state index contributed by atoms with van der Waals surface area (Å²) in [6, 6.07) is 0. The lowest BCUT2D eigenvalue weighted by Crippen LogP contribution is -2.26. The molecule has 782 valence electrons. The molecule has 0 amide bonds. The Hall–Kier alpha value is -10.2. The van der Waals surface area contributed by atoms with Crippen LogP contribution in [0.15, 0.2) is 0 Å². The number of aliphatic carboxylic acids is 2. The highest BCUT2D eigenvalue weighted by Crippen LogP contribution is 2.09. The lowest BCUT2D eigenvalue weighted by molar-refractivity contribution is -0.155. The molecule has 48 heteroatoms. The summed E-state index contributed by atoms with van der Waals surface area (Å²) < 4.78 is 56.7. The van der Waals surface area contributed by atoms with Gasteiger partial charge in [0.15, 0.2) is 0 Å². The van der Waals surface area contributed by atoms with Crippen molar-refractivity contribution in [3.63, 3.8) is 0 Å². The molecule has 0 aromatic carbocycles. The van der Waals surface area contributed by atoms with E-state index in [2.05, 4.69) is 18.9 Å². The molecular weight excluding hydrogens is 1800 g/mol. The molecule has 134 heavy (non-hydrogen) atoms. The van der Waals surface area contributed by atoms with Crippen LogP contribution in [0, 0.1) is 0 Å². The third-order valence-electron chi connectivity index (χ3n) is 13.6. The number of Topliss-reactive ketones (excluding diaryl/α,β-unsaturated/α-hetero) is 7. The topological polar surface area (TPSA) is 773 Å². The molecule has 0 aliphatic carbocycles. The number of esters is 12. The standard InChI is InChI=1S/C12H22O6.C12H18O6.C8H14O5.C8H12O5.C8H16O4.C8H14O4.C8H16O4.C8H14O4.2C7H12O5/c2*1-8(13)6-11(15)17-5-4-10(3)18-12(16)7-9(2)14;2*1-5(9)3-8(12)13-6(2)4-7(10)11;2*1-6(10)5-8(11)12-7(2)3-4-9;2*1-6(9)3-4-12-8(11)5-7(2)10;1-5(9)2-7(11)12-4-6(10)3-8;1-5(10)2-7(11)12-6(3-8)4-9/h8-10,13-14H,4-7H2,1-3H3;10H,4-7H2,1-3H3;5-6,9H,3-4H2,1-2H3,(H,10,11);6H,3-4H2,1-2H3,(H,10,11);6-7,9-10H,3-5H2,1-2H3;7,9H,3-5H2,1-2H3;6-7,9-10H,3-5H2,1-2H3;6,9H,3-5H2,1-2H3;6,8,10H,2-4H2,1H3;6,8-9H,2-4H2,1H3.